The van der Waals surface area contributed by atoms with Crippen LogP contribution in [0.3, 0.4) is 0 Å². The number of benzene rings is 2. The summed E-state index contributed by atoms with van der Waals surface area (Å²) in [6.45, 7) is 1.91. The Balaban J connectivity index is 1.78. The van der Waals surface area contributed by atoms with Crippen molar-refractivity contribution in [2.24, 2.45) is 0 Å². The van der Waals surface area contributed by atoms with Crippen molar-refractivity contribution in [1.29, 1.82) is 0 Å². The Labute approximate surface area is 133 Å². The van der Waals surface area contributed by atoms with Crippen molar-refractivity contribution in [2.45, 2.75) is 12.1 Å². The van der Waals surface area contributed by atoms with E-state index in [-0.39, 0.29) is 5.78 Å². The molecule has 0 radical (unpaired) electrons. The average Bonchev–Trinajstić information content (AvgIpc) is 2.95. The van der Waals surface area contributed by atoms with Gasteiger partial charge < -0.3 is 0 Å². The standard InChI is InChI=1S/C17H15N3OS/c1-13-18-19-17(20(13)15-10-6-3-7-11-15)22-12-16(21)14-8-4-2-5-9-14/h2-11H,12H2,1H3. The summed E-state index contributed by atoms with van der Waals surface area (Å²) in [6, 6.07) is 19.2. The molecule has 110 valence electrons. The molecule has 0 spiro atoms. The Kier molecular flexibility index (Phi) is 4.34. The molecule has 3 rings (SSSR count). The second kappa shape index (κ2) is 6.58. The zero-order chi connectivity index (χ0) is 15.4. The molecule has 0 saturated carbocycles. The molecule has 0 bridgehead atoms. The number of carbonyl (C=O) groups excluding carboxylic acids is 1. The molecule has 2 aromatic carbocycles. The van der Waals surface area contributed by atoms with Crippen LogP contribution in [0.25, 0.3) is 5.69 Å². The topological polar surface area (TPSA) is 47.8 Å². The van der Waals surface area contributed by atoms with Gasteiger partial charge in [0.1, 0.15) is 5.82 Å². The molecule has 0 amide bonds. The van der Waals surface area contributed by atoms with Crippen LogP contribution >= 0.6 is 11.8 Å². The van der Waals surface area contributed by atoms with Crippen LogP contribution < -0.4 is 0 Å². The lowest BCUT2D eigenvalue weighted by molar-refractivity contribution is 0.102. The third kappa shape index (κ3) is 3.09. The van der Waals surface area contributed by atoms with Crippen LogP contribution in [0, 0.1) is 6.92 Å². The van der Waals surface area contributed by atoms with Gasteiger partial charge in [-0.3, -0.25) is 9.36 Å². The smallest absolute Gasteiger partial charge is 0.196 e. The van der Waals surface area contributed by atoms with Crippen LogP contribution in [0.15, 0.2) is 65.8 Å². The van der Waals surface area contributed by atoms with Crippen molar-refractivity contribution in [1.82, 2.24) is 14.8 Å². The van der Waals surface area contributed by atoms with Gasteiger partial charge in [-0.05, 0) is 19.1 Å². The molecule has 0 aliphatic heterocycles. The van der Waals surface area contributed by atoms with Gasteiger partial charge in [0.05, 0.1) is 5.75 Å². The molecule has 0 fully saturated rings. The van der Waals surface area contributed by atoms with Gasteiger partial charge in [0.2, 0.25) is 0 Å². The van der Waals surface area contributed by atoms with Crippen molar-refractivity contribution in [3.8, 4) is 5.69 Å². The van der Waals surface area contributed by atoms with Crippen molar-refractivity contribution < 1.29 is 4.79 Å². The van der Waals surface area contributed by atoms with Gasteiger partial charge in [-0.2, -0.15) is 0 Å². The Morgan fingerprint density at radius 2 is 1.64 bits per heavy atom. The number of hydrogen-bond donors (Lipinski definition) is 0. The van der Waals surface area contributed by atoms with Crippen LogP contribution in [-0.4, -0.2) is 26.3 Å². The molecule has 0 atom stereocenters. The molecule has 22 heavy (non-hydrogen) atoms. The maximum atomic E-state index is 12.2. The van der Waals surface area contributed by atoms with E-state index >= 15 is 0 Å². The fourth-order valence-electron chi connectivity index (χ4n) is 2.15. The first-order chi connectivity index (χ1) is 10.8. The Bertz CT molecular complexity index is 769. The summed E-state index contributed by atoms with van der Waals surface area (Å²) in [5, 5.41) is 9.04. The largest absolute Gasteiger partial charge is 0.293 e. The van der Waals surface area contributed by atoms with Gasteiger partial charge >= 0.3 is 0 Å². The van der Waals surface area contributed by atoms with Crippen molar-refractivity contribution in [3.05, 3.63) is 72.1 Å². The summed E-state index contributed by atoms with van der Waals surface area (Å²) in [5.74, 6) is 1.24. The minimum atomic E-state index is 0.0888. The maximum Gasteiger partial charge on any atom is 0.196 e. The van der Waals surface area contributed by atoms with Crippen LogP contribution in [0.5, 0.6) is 0 Å². The van der Waals surface area contributed by atoms with Gasteiger partial charge in [0.25, 0.3) is 0 Å². The molecule has 5 heteroatoms. The van der Waals surface area contributed by atoms with Crippen LogP contribution in [0.1, 0.15) is 16.2 Å². The number of aryl methyl sites for hydroxylation is 1. The number of aromatic nitrogens is 3. The predicted molar refractivity (Wildman–Crippen MR) is 87.6 cm³/mol. The van der Waals surface area contributed by atoms with E-state index in [9.17, 15) is 4.79 Å². The van der Waals surface area contributed by atoms with E-state index in [4.69, 9.17) is 0 Å². The summed E-state index contributed by atoms with van der Waals surface area (Å²) < 4.78 is 1.96. The van der Waals surface area contributed by atoms with E-state index in [1.165, 1.54) is 11.8 Å². The summed E-state index contributed by atoms with van der Waals surface area (Å²) in [5.41, 5.74) is 1.72. The zero-order valence-electron chi connectivity index (χ0n) is 12.1. The fourth-order valence-corrected chi connectivity index (χ4v) is 3.04. The number of rotatable bonds is 5. The van der Waals surface area contributed by atoms with Gasteiger partial charge in [0.15, 0.2) is 10.9 Å². The number of thioether (sulfide) groups is 1. The van der Waals surface area contributed by atoms with Crippen molar-refractivity contribution in [3.63, 3.8) is 0 Å². The summed E-state index contributed by atoms with van der Waals surface area (Å²) in [6.07, 6.45) is 0. The minimum Gasteiger partial charge on any atom is -0.293 e. The summed E-state index contributed by atoms with van der Waals surface area (Å²) in [7, 11) is 0. The number of carbonyl (C=O) groups is 1. The van der Waals surface area contributed by atoms with Crippen LogP contribution in [-0.2, 0) is 0 Å². The summed E-state index contributed by atoms with van der Waals surface area (Å²) in [4.78, 5) is 12.2. The second-order valence-corrected chi connectivity index (χ2v) is 5.72. The highest BCUT2D eigenvalue weighted by molar-refractivity contribution is 7.99. The highest BCUT2D eigenvalue weighted by atomic mass is 32.2. The Morgan fingerprint density at radius 1 is 1.00 bits per heavy atom. The molecule has 1 heterocycles. The monoisotopic (exact) mass is 309 g/mol. The second-order valence-electron chi connectivity index (χ2n) is 4.78. The molecule has 4 nitrogen and oxygen atoms in total. The first-order valence-corrected chi connectivity index (χ1v) is 7.93. The Morgan fingerprint density at radius 3 is 2.32 bits per heavy atom. The van der Waals surface area contributed by atoms with E-state index in [1.54, 1.807) is 0 Å². The summed E-state index contributed by atoms with van der Waals surface area (Å²) >= 11 is 1.41. The van der Waals surface area contributed by atoms with Crippen LogP contribution in [0.2, 0.25) is 0 Å². The number of ketones is 1. The number of hydrogen-bond acceptors (Lipinski definition) is 4. The maximum absolute atomic E-state index is 12.2. The van der Waals surface area contributed by atoms with Gasteiger partial charge in [0, 0.05) is 11.3 Å². The highest BCUT2D eigenvalue weighted by Crippen LogP contribution is 2.22. The number of Topliss-reactive ketones (excluding diaryl/α,β-unsaturated/α-hetero) is 1. The van der Waals surface area contributed by atoms with Crippen molar-refractivity contribution >= 4 is 17.5 Å². The molecule has 0 aliphatic carbocycles. The number of nitrogens with zero attached hydrogens (tertiary/aromatic N) is 3. The first-order valence-electron chi connectivity index (χ1n) is 6.94. The van der Waals surface area contributed by atoms with E-state index < -0.39 is 0 Å². The Hall–Kier alpha value is -2.40. The molecule has 1 aromatic heterocycles. The lowest BCUT2D eigenvalue weighted by Gasteiger charge is -2.07. The predicted octanol–water partition coefficient (Wildman–Crippen LogP) is 3.55. The normalized spacial score (nSPS) is 10.6. The lowest BCUT2D eigenvalue weighted by atomic mass is 10.2. The molecule has 0 unspecified atom stereocenters. The molecule has 0 saturated heterocycles. The fraction of sp³-hybridized carbons (Fsp3) is 0.118. The third-order valence-corrected chi connectivity index (χ3v) is 4.17. The first kappa shape index (κ1) is 14.5. The van der Waals surface area contributed by atoms with Gasteiger partial charge in [-0.25, -0.2) is 0 Å². The van der Waals surface area contributed by atoms with E-state index in [2.05, 4.69) is 10.2 Å². The van der Waals surface area contributed by atoms with Gasteiger partial charge in [-0.15, -0.1) is 10.2 Å². The third-order valence-electron chi connectivity index (χ3n) is 3.24. The van der Waals surface area contributed by atoms with Crippen molar-refractivity contribution in [2.75, 3.05) is 5.75 Å². The van der Waals surface area contributed by atoms with E-state index in [0.717, 1.165) is 22.2 Å². The zero-order valence-corrected chi connectivity index (χ0v) is 13.0. The lowest BCUT2D eigenvalue weighted by Crippen LogP contribution is -2.04. The average molecular weight is 309 g/mol. The van der Waals surface area contributed by atoms with Gasteiger partial charge in [-0.1, -0.05) is 60.3 Å². The molecule has 3 aromatic rings. The molecular weight excluding hydrogens is 294 g/mol. The van der Waals surface area contributed by atoms with Crippen LogP contribution in [0.4, 0.5) is 0 Å². The molecule has 0 N–H and O–H groups in total. The molecule has 0 aliphatic rings. The minimum absolute atomic E-state index is 0.0888. The quantitative estimate of drug-likeness (QED) is 0.534. The SMILES string of the molecule is Cc1nnc(SCC(=O)c2ccccc2)n1-c1ccccc1. The van der Waals surface area contributed by atoms with E-state index in [1.807, 2.05) is 72.2 Å². The highest BCUT2D eigenvalue weighted by Gasteiger charge is 2.13. The molecular formula is C17H15N3OS. The van der Waals surface area contributed by atoms with E-state index in [0.29, 0.717) is 5.75 Å². The number of para-hydroxylation sites is 1.